The Morgan fingerprint density at radius 1 is 1.15 bits per heavy atom. The molecule has 0 aliphatic carbocycles. The lowest BCUT2D eigenvalue weighted by Crippen LogP contribution is -2.27. The third-order valence-corrected chi connectivity index (χ3v) is 4.51. The zero-order valence-electron chi connectivity index (χ0n) is 14.8. The fraction of sp³-hybridized carbons (Fsp3) is 0.368. The molecule has 1 aromatic heterocycles. The average molecular weight is 354 g/mol. The molecule has 0 spiro atoms. The van der Waals surface area contributed by atoms with Crippen LogP contribution < -0.4 is 10.2 Å². The maximum atomic E-state index is 12.8. The maximum absolute atomic E-state index is 12.8. The molecule has 0 unspecified atom stereocenters. The number of aryl methyl sites for hydroxylation is 1. The van der Waals surface area contributed by atoms with Gasteiger partial charge < -0.3 is 10.2 Å². The molecule has 1 aliphatic heterocycles. The fourth-order valence-electron chi connectivity index (χ4n) is 3.20. The number of nitrogens with zero attached hydrogens (tertiary/aromatic N) is 3. The van der Waals surface area contributed by atoms with Crippen molar-refractivity contribution in [1.82, 2.24) is 4.98 Å². The molecule has 1 aromatic carbocycles. The summed E-state index contributed by atoms with van der Waals surface area (Å²) in [7, 11) is 0. The van der Waals surface area contributed by atoms with E-state index in [9.17, 15) is 14.9 Å². The van der Waals surface area contributed by atoms with Crippen LogP contribution in [0.4, 0.5) is 17.2 Å². The maximum Gasteiger partial charge on any atom is 0.270 e. The summed E-state index contributed by atoms with van der Waals surface area (Å²) in [5.41, 5.74) is 1.74. The number of nitrogens with one attached hydrogen (secondary N) is 1. The van der Waals surface area contributed by atoms with Crippen molar-refractivity contribution in [2.75, 3.05) is 23.3 Å². The Hall–Kier alpha value is -2.96. The highest BCUT2D eigenvalue weighted by Crippen LogP contribution is 2.28. The highest BCUT2D eigenvalue weighted by atomic mass is 16.6. The van der Waals surface area contributed by atoms with E-state index >= 15 is 0 Å². The van der Waals surface area contributed by atoms with Gasteiger partial charge in [-0.3, -0.25) is 14.9 Å². The van der Waals surface area contributed by atoms with Gasteiger partial charge in [0.25, 0.3) is 11.6 Å². The number of aromatic nitrogens is 1. The predicted molar refractivity (Wildman–Crippen MR) is 101 cm³/mol. The van der Waals surface area contributed by atoms with Crippen LogP contribution >= 0.6 is 0 Å². The summed E-state index contributed by atoms with van der Waals surface area (Å²) in [5.74, 6) is 0.0503. The minimum Gasteiger partial charge on any atom is -0.371 e. The van der Waals surface area contributed by atoms with Crippen LogP contribution in [0.1, 0.15) is 41.7 Å². The molecule has 1 amide bonds. The summed E-state index contributed by atoms with van der Waals surface area (Å²) in [4.78, 5) is 30.0. The Morgan fingerprint density at radius 3 is 2.54 bits per heavy atom. The number of nitro benzene ring substituents is 1. The van der Waals surface area contributed by atoms with E-state index in [1.165, 1.54) is 12.1 Å². The standard InChI is InChI=1S/C19H22N4O3/c1-14-7-6-8-18(20-14)21-19(24)16-13-15(23(25)26)9-10-17(16)22-11-4-2-3-5-12-22/h6-10,13H,2-5,11-12H2,1H3,(H,20,21,24). The van der Waals surface area contributed by atoms with Gasteiger partial charge >= 0.3 is 0 Å². The highest BCUT2D eigenvalue weighted by molar-refractivity contribution is 6.08. The lowest BCUT2D eigenvalue weighted by atomic mass is 10.1. The second-order valence-electron chi connectivity index (χ2n) is 6.48. The molecule has 7 heteroatoms. The second-order valence-corrected chi connectivity index (χ2v) is 6.48. The van der Waals surface area contributed by atoms with Crippen molar-refractivity contribution in [3.63, 3.8) is 0 Å². The van der Waals surface area contributed by atoms with Crippen molar-refractivity contribution in [3.8, 4) is 0 Å². The Kier molecular flexibility index (Phi) is 5.46. The van der Waals surface area contributed by atoms with Gasteiger partial charge in [0.2, 0.25) is 0 Å². The lowest BCUT2D eigenvalue weighted by Gasteiger charge is -2.25. The molecule has 0 atom stereocenters. The van der Waals surface area contributed by atoms with Gasteiger partial charge in [-0.2, -0.15) is 0 Å². The predicted octanol–water partition coefficient (Wildman–Crippen LogP) is 3.93. The summed E-state index contributed by atoms with van der Waals surface area (Å²) in [6, 6.07) is 9.84. The van der Waals surface area contributed by atoms with Crippen LogP contribution in [0.5, 0.6) is 0 Å². The SMILES string of the molecule is Cc1cccc(NC(=O)c2cc([N+](=O)[O-])ccc2N2CCCCCC2)n1. The molecule has 0 bridgehead atoms. The molecule has 0 saturated carbocycles. The number of benzene rings is 1. The van der Waals surface area contributed by atoms with Crippen molar-refractivity contribution >= 4 is 23.1 Å². The number of amides is 1. The molecule has 1 fully saturated rings. The van der Waals surface area contributed by atoms with Gasteiger partial charge in [-0.05, 0) is 38.0 Å². The molecule has 136 valence electrons. The largest absolute Gasteiger partial charge is 0.371 e. The van der Waals surface area contributed by atoms with Crippen LogP contribution in [0.15, 0.2) is 36.4 Å². The van der Waals surface area contributed by atoms with Crippen molar-refractivity contribution in [3.05, 3.63) is 57.8 Å². The van der Waals surface area contributed by atoms with E-state index < -0.39 is 4.92 Å². The molecular formula is C19H22N4O3. The normalized spacial score (nSPS) is 14.6. The van der Waals surface area contributed by atoms with Crippen LogP contribution in [0.3, 0.4) is 0 Å². The zero-order valence-corrected chi connectivity index (χ0v) is 14.8. The van der Waals surface area contributed by atoms with Crippen molar-refractivity contribution in [2.24, 2.45) is 0 Å². The topological polar surface area (TPSA) is 88.4 Å². The number of hydrogen-bond acceptors (Lipinski definition) is 5. The van der Waals surface area contributed by atoms with E-state index in [-0.39, 0.29) is 11.6 Å². The van der Waals surface area contributed by atoms with E-state index in [4.69, 9.17) is 0 Å². The van der Waals surface area contributed by atoms with Gasteiger partial charge in [-0.1, -0.05) is 18.9 Å². The number of hydrogen-bond donors (Lipinski definition) is 1. The molecule has 1 N–H and O–H groups in total. The monoisotopic (exact) mass is 354 g/mol. The van der Waals surface area contributed by atoms with Gasteiger partial charge in [0.1, 0.15) is 5.82 Å². The number of non-ortho nitro benzene ring substituents is 1. The van der Waals surface area contributed by atoms with Crippen LogP contribution in [-0.4, -0.2) is 28.9 Å². The summed E-state index contributed by atoms with van der Waals surface area (Å²) < 4.78 is 0. The minimum atomic E-state index is -0.478. The summed E-state index contributed by atoms with van der Waals surface area (Å²) in [6.45, 7) is 3.53. The molecular weight excluding hydrogens is 332 g/mol. The first-order valence-corrected chi connectivity index (χ1v) is 8.83. The number of carbonyl (C=O) groups is 1. The summed E-state index contributed by atoms with van der Waals surface area (Å²) >= 11 is 0. The highest BCUT2D eigenvalue weighted by Gasteiger charge is 2.21. The van der Waals surface area contributed by atoms with Crippen LogP contribution in [-0.2, 0) is 0 Å². The fourth-order valence-corrected chi connectivity index (χ4v) is 3.20. The van der Waals surface area contributed by atoms with E-state index in [0.29, 0.717) is 11.4 Å². The number of pyridine rings is 1. The first-order chi connectivity index (χ1) is 12.5. The number of rotatable bonds is 4. The van der Waals surface area contributed by atoms with Gasteiger partial charge in [-0.15, -0.1) is 0 Å². The van der Waals surface area contributed by atoms with E-state index in [1.807, 2.05) is 13.0 Å². The molecule has 2 heterocycles. The van der Waals surface area contributed by atoms with E-state index in [2.05, 4.69) is 15.2 Å². The van der Waals surface area contributed by atoms with Crippen LogP contribution in [0.25, 0.3) is 0 Å². The van der Waals surface area contributed by atoms with Crippen molar-refractivity contribution in [2.45, 2.75) is 32.6 Å². The average Bonchev–Trinajstić information content (AvgIpc) is 2.90. The first kappa shape index (κ1) is 17.8. The quantitative estimate of drug-likeness (QED) is 0.664. The van der Waals surface area contributed by atoms with Crippen LogP contribution in [0.2, 0.25) is 0 Å². The molecule has 7 nitrogen and oxygen atoms in total. The Labute approximate surface area is 152 Å². The first-order valence-electron chi connectivity index (χ1n) is 8.83. The smallest absolute Gasteiger partial charge is 0.270 e. The lowest BCUT2D eigenvalue weighted by molar-refractivity contribution is -0.384. The summed E-state index contributed by atoms with van der Waals surface area (Å²) in [6.07, 6.45) is 4.44. The zero-order chi connectivity index (χ0) is 18.5. The third kappa shape index (κ3) is 4.17. The number of carbonyl (C=O) groups excluding carboxylic acids is 1. The Morgan fingerprint density at radius 2 is 1.88 bits per heavy atom. The molecule has 26 heavy (non-hydrogen) atoms. The van der Waals surface area contributed by atoms with Crippen LogP contribution in [0, 0.1) is 17.0 Å². The Balaban J connectivity index is 1.94. The van der Waals surface area contributed by atoms with Gasteiger partial charge in [0.05, 0.1) is 16.2 Å². The van der Waals surface area contributed by atoms with Crippen molar-refractivity contribution < 1.29 is 9.72 Å². The van der Waals surface area contributed by atoms with Gasteiger partial charge in [0.15, 0.2) is 0 Å². The van der Waals surface area contributed by atoms with Gasteiger partial charge in [-0.25, -0.2) is 4.98 Å². The third-order valence-electron chi connectivity index (χ3n) is 4.51. The molecule has 2 aromatic rings. The van der Waals surface area contributed by atoms with Crippen molar-refractivity contribution in [1.29, 1.82) is 0 Å². The van der Waals surface area contributed by atoms with Gasteiger partial charge in [0, 0.05) is 30.9 Å². The minimum absolute atomic E-state index is 0.0917. The van der Waals surface area contributed by atoms with E-state index in [1.54, 1.807) is 18.2 Å². The number of anilines is 2. The molecule has 1 saturated heterocycles. The Bertz CT molecular complexity index is 814. The second kappa shape index (κ2) is 7.95. The number of nitro groups is 1. The summed E-state index contributed by atoms with van der Waals surface area (Å²) in [5, 5.41) is 13.9. The molecule has 0 radical (unpaired) electrons. The van der Waals surface area contributed by atoms with E-state index in [0.717, 1.165) is 50.2 Å². The molecule has 1 aliphatic rings. The molecule has 3 rings (SSSR count).